The van der Waals surface area contributed by atoms with Crippen LogP contribution in [-0.2, 0) is 0 Å². The maximum Gasteiger partial charge on any atom is 0.0465 e. The molecule has 0 aliphatic carbocycles. The minimum Gasteiger partial charge on any atom is -0.396 e. The molecule has 1 aromatic carbocycles. The van der Waals surface area contributed by atoms with Crippen LogP contribution in [0.15, 0.2) is 48.6 Å². The van der Waals surface area contributed by atoms with Crippen LogP contribution < -0.4 is 0 Å². The van der Waals surface area contributed by atoms with Gasteiger partial charge in [-0.1, -0.05) is 54.6 Å². The molecule has 0 saturated heterocycles. The Hall–Kier alpha value is -1.34. The molecular weight excluding hydrogens is 160 g/mol. The van der Waals surface area contributed by atoms with E-state index in [0.717, 1.165) is 6.42 Å². The predicted octanol–water partition coefficient (Wildman–Crippen LogP) is 2.64. The van der Waals surface area contributed by atoms with Crippen LogP contribution in [0.2, 0.25) is 0 Å². The first kappa shape index (κ1) is 9.75. The van der Waals surface area contributed by atoms with Crippen molar-refractivity contribution in [3.05, 3.63) is 54.1 Å². The Balaban J connectivity index is 2.41. The Morgan fingerprint density at radius 2 is 1.85 bits per heavy atom. The van der Waals surface area contributed by atoms with Gasteiger partial charge < -0.3 is 5.11 Å². The van der Waals surface area contributed by atoms with E-state index >= 15 is 0 Å². The lowest BCUT2D eigenvalue weighted by atomic mass is 10.2. The second kappa shape index (κ2) is 6.21. The van der Waals surface area contributed by atoms with Gasteiger partial charge in [-0.05, 0) is 12.0 Å². The van der Waals surface area contributed by atoms with E-state index in [4.69, 9.17) is 5.11 Å². The number of aliphatic hydroxyl groups is 1. The number of hydrogen-bond donors (Lipinski definition) is 1. The molecule has 13 heavy (non-hydrogen) atoms. The molecule has 0 saturated carbocycles. The first-order valence-corrected chi connectivity index (χ1v) is 4.42. The zero-order valence-electron chi connectivity index (χ0n) is 7.56. The molecule has 0 aliphatic rings. The van der Waals surface area contributed by atoms with E-state index in [0.29, 0.717) is 0 Å². The Bertz CT molecular complexity index is 272. The van der Waals surface area contributed by atoms with Crippen molar-refractivity contribution in [1.29, 1.82) is 0 Å². The summed E-state index contributed by atoms with van der Waals surface area (Å²) in [5.74, 6) is 0. The first-order chi connectivity index (χ1) is 6.43. The largest absolute Gasteiger partial charge is 0.396 e. The number of allylic oxidation sites excluding steroid dienone is 2. The van der Waals surface area contributed by atoms with Gasteiger partial charge >= 0.3 is 0 Å². The molecule has 1 aromatic rings. The lowest BCUT2D eigenvalue weighted by Gasteiger charge is -1.88. The van der Waals surface area contributed by atoms with Crippen molar-refractivity contribution in [2.45, 2.75) is 6.42 Å². The summed E-state index contributed by atoms with van der Waals surface area (Å²) >= 11 is 0. The van der Waals surface area contributed by atoms with Crippen LogP contribution in [0.1, 0.15) is 12.0 Å². The topological polar surface area (TPSA) is 20.2 Å². The molecule has 0 aromatic heterocycles. The van der Waals surface area contributed by atoms with Gasteiger partial charge in [-0.3, -0.25) is 0 Å². The molecule has 1 rings (SSSR count). The van der Waals surface area contributed by atoms with Crippen molar-refractivity contribution in [2.75, 3.05) is 6.61 Å². The number of aliphatic hydroxyl groups excluding tert-OH is 1. The van der Waals surface area contributed by atoms with Crippen molar-refractivity contribution in [2.24, 2.45) is 0 Å². The Morgan fingerprint density at radius 1 is 1.08 bits per heavy atom. The predicted molar refractivity (Wildman–Crippen MR) is 56.3 cm³/mol. The summed E-state index contributed by atoms with van der Waals surface area (Å²) in [6, 6.07) is 10.1. The molecule has 1 nitrogen and oxygen atoms in total. The Kier molecular flexibility index (Phi) is 4.65. The number of hydrogen-bond acceptors (Lipinski definition) is 1. The molecule has 0 radical (unpaired) electrons. The standard InChI is InChI=1S/C12H14O/c13-11-7-2-1-4-8-12-9-5-3-6-10-12/h1-6,8-10,13H,7,11H2/b2-1+,8-4-. The zero-order valence-corrected chi connectivity index (χ0v) is 7.56. The fraction of sp³-hybridized carbons (Fsp3) is 0.167. The highest BCUT2D eigenvalue weighted by atomic mass is 16.2. The molecule has 0 unspecified atom stereocenters. The molecular formula is C12H14O. The monoisotopic (exact) mass is 174 g/mol. The van der Waals surface area contributed by atoms with Crippen LogP contribution in [0.3, 0.4) is 0 Å². The normalized spacial score (nSPS) is 11.5. The van der Waals surface area contributed by atoms with Crippen LogP contribution in [-0.4, -0.2) is 11.7 Å². The van der Waals surface area contributed by atoms with Gasteiger partial charge in [0.1, 0.15) is 0 Å². The Labute approximate surface area is 79.0 Å². The van der Waals surface area contributed by atoms with Crippen LogP contribution in [0, 0.1) is 0 Å². The van der Waals surface area contributed by atoms with E-state index in [9.17, 15) is 0 Å². The molecule has 0 spiro atoms. The lowest BCUT2D eigenvalue weighted by Crippen LogP contribution is -1.74. The Morgan fingerprint density at radius 3 is 2.54 bits per heavy atom. The molecule has 0 bridgehead atoms. The van der Waals surface area contributed by atoms with Gasteiger partial charge in [0.25, 0.3) is 0 Å². The summed E-state index contributed by atoms with van der Waals surface area (Å²) in [6.07, 6.45) is 8.63. The second-order valence-electron chi connectivity index (χ2n) is 2.71. The molecule has 0 fully saturated rings. The van der Waals surface area contributed by atoms with Crippen LogP contribution in [0.5, 0.6) is 0 Å². The van der Waals surface area contributed by atoms with E-state index in [1.807, 2.05) is 42.5 Å². The fourth-order valence-corrected chi connectivity index (χ4v) is 0.980. The highest BCUT2D eigenvalue weighted by Gasteiger charge is 1.79. The van der Waals surface area contributed by atoms with Gasteiger partial charge in [0.15, 0.2) is 0 Å². The second-order valence-corrected chi connectivity index (χ2v) is 2.71. The molecule has 1 N–H and O–H groups in total. The zero-order chi connectivity index (χ0) is 9.36. The van der Waals surface area contributed by atoms with Gasteiger partial charge in [0.2, 0.25) is 0 Å². The van der Waals surface area contributed by atoms with Gasteiger partial charge in [0.05, 0.1) is 0 Å². The van der Waals surface area contributed by atoms with Crippen molar-refractivity contribution < 1.29 is 5.11 Å². The molecule has 68 valence electrons. The maximum absolute atomic E-state index is 8.51. The molecule has 0 amide bonds. The van der Waals surface area contributed by atoms with Gasteiger partial charge in [-0.2, -0.15) is 0 Å². The average Bonchev–Trinajstić information content (AvgIpc) is 2.19. The van der Waals surface area contributed by atoms with Gasteiger partial charge in [-0.15, -0.1) is 0 Å². The maximum atomic E-state index is 8.51. The average molecular weight is 174 g/mol. The van der Waals surface area contributed by atoms with E-state index < -0.39 is 0 Å². The smallest absolute Gasteiger partial charge is 0.0465 e. The van der Waals surface area contributed by atoms with Gasteiger partial charge in [-0.25, -0.2) is 0 Å². The first-order valence-electron chi connectivity index (χ1n) is 4.42. The van der Waals surface area contributed by atoms with E-state index in [1.54, 1.807) is 0 Å². The van der Waals surface area contributed by atoms with E-state index in [2.05, 4.69) is 12.1 Å². The number of rotatable bonds is 4. The highest BCUT2D eigenvalue weighted by Crippen LogP contribution is 2.00. The molecule has 0 aliphatic heterocycles. The third kappa shape index (κ3) is 4.28. The lowest BCUT2D eigenvalue weighted by molar-refractivity contribution is 0.302. The molecule has 0 atom stereocenters. The molecule has 1 heteroatoms. The van der Waals surface area contributed by atoms with Crippen molar-refractivity contribution in [3.63, 3.8) is 0 Å². The van der Waals surface area contributed by atoms with Crippen molar-refractivity contribution in [3.8, 4) is 0 Å². The summed E-state index contributed by atoms with van der Waals surface area (Å²) in [4.78, 5) is 0. The molecule has 0 heterocycles. The third-order valence-corrected chi connectivity index (χ3v) is 1.63. The summed E-state index contributed by atoms with van der Waals surface area (Å²) in [6.45, 7) is 0.218. The van der Waals surface area contributed by atoms with Crippen LogP contribution in [0.25, 0.3) is 6.08 Å². The van der Waals surface area contributed by atoms with Crippen LogP contribution in [0.4, 0.5) is 0 Å². The minimum atomic E-state index is 0.218. The van der Waals surface area contributed by atoms with E-state index in [-0.39, 0.29) is 6.61 Å². The highest BCUT2D eigenvalue weighted by molar-refractivity contribution is 5.50. The van der Waals surface area contributed by atoms with Crippen molar-refractivity contribution >= 4 is 6.08 Å². The summed E-state index contributed by atoms with van der Waals surface area (Å²) in [5.41, 5.74) is 1.19. The summed E-state index contributed by atoms with van der Waals surface area (Å²) < 4.78 is 0. The van der Waals surface area contributed by atoms with E-state index in [1.165, 1.54) is 5.56 Å². The quantitative estimate of drug-likeness (QED) is 0.696. The summed E-state index contributed by atoms with van der Waals surface area (Å²) in [5, 5.41) is 8.51. The van der Waals surface area contributed by atoms with Crippen LogP contribution >= 0.6 is 0 Å². The number of benzene rings is 1. The third-order valence-electron chi connectivity index (χ3n) is 1.63. The summed E-state index contributed by atoms with van der Waals surface area (Å²) in [7, 11) is 0. The minimum absolute atomic E-state index is 0.218. The SMILES string of the molecule is OCC/C=C/C=C\c1ccccc1. The van der Waals surface area contributed by atoms with Gasteiger partial charge in [0, 0.05) is 6.61 Å². The fourth-order valence-electron chi connectivity index (χ4n) is 0.980. The van der Waals surface area contributed by atoms with Crippen molar-refractivity contribution in [1.82, 2.24) is 0 Å².